The van der Waals surface area contributed by atoms with Crippen LogP contribution in [0.15, 0.2) is 48.9 Å². The fourth-order valence-corrected chi connectivity index (χ4v) is 4.70. The number of pyridine rings is 3. The van der Waals surface area contributed by atoms with Gasteiger partial charge in [0.2, 0.25) is 0 Å². The van der Waals surface area contributed by atoms with Crippen molar-refractivity contribution in [2.45, 2.75) is 31.6 Å². The van der Waals surface area contributed by atoms with Gasteiger partial charge in [-0.2, -0.15) is 0 Å². The van der Waals surface area contributed by atoms with Crippen LogP contribution in [0.4, 0.5) is 0 Å². The highest BCUT2D eigenvalue weighted by Gasteiger charge is 2.22. The molecule has 5 heteroatoms. The maximum atomic E-state index is 4.92. The molecule has 2 aliphatic rings. The molecular formula is C24H29N5. The van der Waals surface area contributed by atoms with Crippen LogP contribution in [0.3, 0.4) is 0 Å². The van der Waals surface area contributed by atoms with E-state index in [1.54, 1.807) is 0 Å². The third-order valence-corrected chi connectivity index (χ3v) is 6.51. The Labute approximate surface area is 172 Å². The van der Waals surface area contributed by atoms with Gasteiger partial charge in [-0.25, -0.2) is 9.97 Å². The number of nitrogens with zero attached hydrogens (tertiary/aromatic N) is 5. The summed E-state index contributed by atoms with van der Waals surface area (Å²) in [7, 11) is 0. The summed E-state index contributed by atoms with van der Waals surface area (Å²) in [5, 5.41) is 1.10. The van der Waals surface area contributed by atoms with Crippen molar-refractivity contribution in [2.75, 3.05) is 39.3 Å². The van der Waals surface area contributed by atoms with E-state index >= 15 is 0 Å². The zero-order chi connectivity index (χ0) is 19.5. The maximum absolute atomic E-state index is 4.92. The molecule has 2 fully saturated rings. The average Bonchev–Trinajstić information content (AvgIpc) is 3.32. The minimum absolute atomic E-state index is 0.559. The Kier molecular flexibility index (Phi) is 5.50. The van der Waals surface area contributed by atoms with E-state index in [2.05, 4.69) is 38.0 Å². The number of hydrogen-bond acceptors (Lipinski definition) is 5. The number of fused-ring (bicyclic) bond motifs is 1. The smallest absolute Gasteiger partial charge is 0.159 e. The fourth-order valence-electron chi connectivity index (χ4n) is 4.70. The third-order valence-electron chi connectivity index (χ3n) is 6.51. The van der Waals surface area contributed by atoms with Gasteiger partial charge >= 0.3 is 0 Å². The van der Waals surface area contributed by atoms with Crippen LogP contribution in [-0.4, -0.2) is 64.0 Å². The maximum Gasteiger partial charge on any atom is 0.159 e. The predicted molar refractivity (Wildman–Crippen MR) is 117 cm³/mol. The Balaban J connectivity index is 1.23. The molecule has 0 saturated carbocycles. The molecule has 0 spiro atoms. The predicted octanol–water partition coefficient (Wildman–Crippen LogP) is 3.97. The van der Waals surface area contributed by atoms with Crippen molar-refractivity contribution in [3.8, 4) is 11.1 Å². The van der Waals surface area contributed by atoms with Gasteiger partial charge in [0, 0.05) is 54.2 Å². The Morgan fingerprint density at radius 3 is 2.31 bits per heavy atom. The van der Waals surface area contributed by atoms with Crippen LogP contribution in [0.2, 0.25) is 0 Å². The molecule has 2 saturated heterocycles. The molecule has 0 bridgehead atoms. The highest BCUT2D eigenvalue weighted by Crippen LogP contribution is 2.29. The summed E-state index contributed by atoms with van der Waals surface area (Å²) < 4.78 is 0. The molecule has 29 heavy (non-hydrogen) atoms. The van der Waals surface area contributed by atoms with E-state index in [9.17, 15) is 0 Å². The highest BCUT2D eigenvalue weighted by molar-refractivity contribution is 5.80. The second-order valence-electron chi connectivity index (χ2n) is 8.41. The number of likely N-dealkylation sites (tertiary alicyclic amines) is 2. The summed E-state index contributed by atoms with van der Waals surface area (Å²) in [4.78, 5) is 18.9. The van der Waals surface area contributed by atoms with E-state index in [4.69, 9.17) is 4.98 Å². The number of aromatic nitrogens is 3. The molecule has 150 valence electrons. The SMILES string of the molecule is c1cc(-c2cnc3nc(C4CCN(CCN5CCCC5)CC4)ccc3c2)ccn1. The lowest BCUT2D eigenvalue weighted by Gasteiger charge is -2.32. The van der Waals surface area contributed by atoms with Crippen molar-refractivity contribution < 1.29 is 0 Å². The standard InChI is InChI=1S/C24H29N5/c1-2-12-28(11-1)15-16-29-13-7-20(8-14-29)23-4-3-21-17-22(18-26-24(21)27-23)19-5-9-25-10-6-19/h3-6,9-10,17-18,20H,1-2,7-8,11-16H2. The van der Waals surface area contributed by atoms with Crippen molar-refractivity contribution in [3.05, 3.63) is 54.6 Å². The lowest BCUT2D eigenvalue weighted by atomic mass is 9.92. The molecule has 2 aliphatic heterocycles. The van der Waals surface area contributed by atoms with Crippen molar-refractivity contribution in [2.24, 2.45) is 0 Å². The lowest BCUT2D eigenvalue weighted by molar-refractivity contribution is 0.184. The monoisotopic (exact) mass is 387 g/mol. The van der Waals surface area contributed by atoms with E-state index in [0.29, 0.717) is 5.92 Å². The number of rotatable bonds is 5. The lowest BCUT2D eigenvalue weighted by Crippen LogP contribution is -2.38. The summed E-state index contributed by atoms with van der Waals surface area (Å²) in [6, 6.07) is 10.6. The zero-order valence-corrected chi connectivity index (χ0v) is 17.0. The van der Waals surface area contributed by atoms with Gasteiger partial charge in [0.1, 0.15) is 0 Å². The summed E-state index contributed by atoms with van der Waals surface area (Å²) in [5.74, 6) is 0.559. The molecule has 0 aliphatic carbocycles. The molecule has 0 aromatic carbocycles. The summed E-state index contributed by atoms with van der Waals surface area (Å²) >= 11 is 0. The zero-order valence-electron chi connectivity index (χ0n) is 17.0. The Bertz CT molecular complexity index is 944. The van der Waals surface area contributed by atoms with Crippen molar-refractivity contribution >= 4 is 11.0 Å². The van der Waals surface area contributed by atoms with Gasteiger partial charge in [0.15, 0.2) is 5.65 Å². The topological polar surface area (TPSA) is 45.2 Å². The highest BCUT2D eigenvalue weighted by atomic mass is 15.2. The van der Waals surface area contributed by atoms with Gasteiger partial charge in [-0.15, -0.1) is 0 Å². The molecule has 5 rings (SSSR count). The normalized spacial score (nSPS) is 19.2. The van der Waals surface area contributed by atoms with Crippen molar-refractivity contribution in [1.82, 2.24) is 24.8 Å². The van der Waals surface area contributed by atoms with E-state index in [1.165, 1.54) is 70.6 Å². The second kappa shape index (κ2) is 8.56. The molecule has 5 heterocycles. The van der Waals surface area contributed by atoms with Crippen LogP contribution in [0, 0.1) is 0 Å². The van der Waals surface area contributed by atoms with Gasteiger partial charge in [0.25, 0.3) is 0 Å². The summed E-state index contributed by atoms with van der Waals surface area (Å²) in [5.41, 5.74) is 4.32. The quantitative estimate of drug-likeness (QED) is 0.663. The van der Waals surface area contributed by atoms with Crippen molar-refractivity contribution in [3.63, 3.8) is 0 Å². The van der Waals surface area contributed by atoms with Gasteiger partial charge in [-0.05, 0) is 87.8 Å². The molecule has 0 radical (unpaired) electrons. The molecule has 0 N–H and O–H groups in total. The molecule has 0 amide bonds. The fraction of sp³-hybridized carbons (Fsp3) is 0.458. The van der Waals surface area contributed by atoms with Crippen molar-refractivity contribution in [1.29, 1.82) is 0 Å². The minimum Gasteiger partial charge on any atom is -0.302 e. The largest absolute Gasteiger partial charge is 0.302 e. The van der Waals surface area contributed by atoms with Crippen LogP contribution in [-0.2, 0) is 0 Å². The van der Waals surface area contributed by atoms with Crippen LogP contribution in [0.5, 0.6) is 0 Å². The van der Waals surface area contributed by atoms with Gasteiger partial charge in [0.05, 0.1) is 0 Å². The first kappa shape index (κ1) is 18.6. The van der Waals surface area contributed by atoms with Gasteiger partial charge in [-0.1, -0.05) is 0 Å². The number of piperidine rings is 1. The van der Waals surface area contributed by atoms with Crippen LogP contribution >= 0.6 is 0 Å². The summed E-state index contributed by atoms with van der Waals surface area (Å²) in [6.07, 6.45) is 10.7. The van der Waals surface area contributed by atoms with Crippen LogP contribution < -0.4 is 0 Å². The van der Waals surface area contributed by atoms with E-state index in [1.807, 2.05) is 30.7 Å². The minimum atomic E-state index is 0.559. The van der Waals surface area contributed by atoms with Gasteiger partial charge in [-0.3, -0.25) is 4.98 Å². The Morgan fingerprint density at radius 1 is 0.828 bits per heavy atom. The van der Waals surface area contributed by atoms with E-state index < -0.39 is 0 Å². The molecular weight excluding hydrogens is 358 g/mol. The summed E-state index contributed by atoms with van der Waals surface area (Å²) in [6.45, 7) is 7.43. The first-order valence-corrected chi connectivity index (χ1v) is 11.0. The average molecular weight is 388 g/mol. The first-order valence-electron chi connectivity index (χ1n) is 11.0. The van der Waals surface area contributed by atoms with E-state index in [0.717, 1.165) is 22.2 Å². The molecule has 3 aromatic heterocycles. The van der Waals surface area contributed by atoms with Gasteiger partial charge < -0.3 is 9.80 Å². The van der Waals surface area contributed by atoms with E-state index in [-0.39, 0.29) is 0 Å². The van der Waals surface area contributed by atoms with Crippen LogP contribution in [0.1, 0.15) is 37.3 Å². The second-order valence-corrected chi connectivity index (χ2v) is 8.41. The number of hydrogen-bond donors (Lipinski definition) is 0. The van der Waals surface area contributed by atoms with Crippen LogP contribution in [0.25, 0.3) is 22.2 Å². The molecule has 5 nitrogen and oxygen atoms in total. The molecule has 0 atom stereocenters. The third kappa shape index (κ3) is 4.31. The molecule has 3 aromatic rings. The molecule has 0 unspecified atom stereocenters. The Hall–Kier alpha value is -2.37. The first-order chi connectivity index (χ1) is 14.3. The Morgan fingerprint density at radius 2 is 1.55 bits per heavy atom.